The van der Waals surface area contributed by atoms with E-state index in [2.05, 4.69) is 34.2 Å². The van der Waals surface area contributed by atoms with Crippen LogP contribution >= 0.6 is 35.3 Å². The van der Waals surface area contributed by atoms with Crippen LogP contribution < -0.4 is 5.32 Å². The highest BCUT2D eigenvalue weighted by Crippen LogP contribution is 2.05. The lowest BCUT2D eigenvalue weighted by molar-refractivity contribution is 0.481. The molecule has 0 saturated heterocycles. The summed E-state index contributed by atoms with van der Waals surface area (Å²) in [4.78, 5) is 11.1. The highest BCUT2D eigenvalue weighted by atomic mass is 127. The first kappa shape index (κ1) is 19.0. The number of hydrogen-bond donors (Lipinski definition) is 1. The molecule has 2 heterocycles. The van der Waals surface area contributed by atoms with Gasteiger partial charge < -0.3 is 14.6 Å². The minimum atomic E-state index is 0. The predicted molar refractivity (Wildman–Crippen MR) is 102 cm³/mol. The van der Waals surface area contributed by atoms with Gasteiger partial charge in [-0.05, 0) is 19.1 Å². The van der Waals surface area contributed by atoms with Crippen LogP contribution in [0.15, 0.2) is 39.4 Å². The third kappa shape index (κ3) is 6.35. The van der Waals surface area contributed by atoms with Crippen LogP contribution in [0.2, 0.25) is 0 Å². The minimum absolute atomic E-state index is 0. The van der Waals surface area contributed by atoms with Crippen molar-refractivity contribution >= 4 is 41.3 Å². The summed E-state index contributed by atoms with van der Waals surface area (Å²) in [5, 5.41) is 6.49. The van der Waals surface area contributed by atoms with Crippen LogP contribution in [0.4, 0.5) is 0 Å². The summed E-state index contributed by atoms with van der Waals surface area (Å²) in [5.41, 5.74) is 0. The van der Waals surface area contributed by atoms with E-state index in [-0.39, 0.29) is 24.0 Å². The molecule has 0 aliphatic heterocycles. The Morgan fingerprint density at radius 3 is 2.95 bits per heavy atom. The molecule has 0 atom stereocenters. The molecule has 0 aromatic carbocycles. The molecule has 2 aromatic heterocycles. The number of aromatic nitrogens is 1. The molecule has 122 valence electrons. The van der Waals surface area contributed by atoms with Crippen molar-refractivity contribution in [2.45, 2.75) is 19.8 Å². The maximum atomic E-state index is 5.32. The van der Waals surface area contributed by atoms with Crippen molar-refractivity contribution in [1.82, 2.24) is 15.2 Å². The molecule has 0 radical (unpaired) electrons. The topological polar surface area (TPSA) is 53.7 Å². The van der Waals surface area contributed by atoms with Crippen molar-refractivity contribution < 1.29 is 4.42 Å². The van der Waals surface area contributed by atoms with E-state index in [0.29, 0.717) is 0 Å². The third-order valence-electron chi connectivity index (χ3n) is 3.04. The fourth-order valence-electron chi connectivity index (χ4n) is 1.94. The molecular weight excluding hydrogens is 411 g/mol. The molecule has 0 fully saturated rings. The first-order chi connectivity index (χ1) is 10.3. The average Bonchev–Trinajstić information content (AvgIpc) is 3.17. The Balaban J connectivity index is 0.00000242. The van der Waals surface area contributed by atoms with E-state index in [1.54, 1.807) is 17.6 Å². The van der Waals surface area contributed by atoms with Gasteiger partial charge in [-0.25, -0.2) is 4.98 Å². The summed E-state index contributed by atoms with van der Waals surface area (Å²) in [6.45, 7) is 4.56. The molecule has 5 nitrogen and oxygen atoms in total. The zero-order chi connectivity index (χ0) is 14.9. The molecule has 22 heavy (non-hydrogen) atoms. The number of nitrogens with one attached hydrogen (secondary N) is 1. The van der Waals surface area contributed by atoms with Gasteiger partial charge in [0.25, 0.3) is 0 Å². The predicted octanol–water partition coefficient (Wildman–Crippen LogP) is 3.04. The molecule has 0 unspecified atom stereocenters. The van der Waals surface area contributed by atoms with Gasteiger partial charge in [-0.1, -0.05) is 0 Å². The second kappa shape index (κ2) is 10.6. The Labute approximate surface area is 152 Å². The van der Waals surface area contributed by atoms with Crippen molar-refractivity contribution in [3.8, 4) is 0 Å². The first-order valence-electron chi connectivity index (χ1n) is 7.19. The van der Waals surface area contributed by atoms with Gasteiger partial charge in [0.05, 0.1) is 11.3 Å². The highest BCUT2D eigenvalue weighted by Gasteiger charge is 2.06. The number of rotatable bonds is 7. The number of guanidine groups is 1. The minimum Gasteiger partial charge on any atom is -0.469 e. The van der Waals surface area contributed by atoms with Gasteiger partial charge in [0.1, 0.15) is 5.76 Å². The van der Waals surface area contributed by atoms with Crippen LogP contribution in [0.3, 0.4) is 0 Å². The van der Waals surface area contributed by atoms with Crippen LogP contribution in [0.25, 0.3) is 0 Å². The molecule has 1 N–H and O–H groups in total. The van der Waals surface area contributed by atoms with Crippen molar-refractivity contribution in [2.24, 2.45) is 4.99 Å². The first-order valence-corrected chi connectivity index (χ1v) is 8.07. The second-order valence-corrected chi connectivity index (χ2v) is 5.64. The molecule has 7 heteroatoms. The van der Waals surface area contributed by atoms with E-state index < -0.39 is 0 Å². The summed E-state index contributed by atoms with van der Waals surface area (Å²) >= 11 is 1.70. The smallest absolute Gasteiger partial charge is 0.193 e. The van der Waals surface area contributed by atoms with E-state index >= 15 is 0 Å². The van der Waals surface area contributed by atoms with Gasteiger partial charge in [0.2, 0.25) is 0 Å². The standard InChI is InChI=1S/C15H22N4OS.HI/c1-3-16-15(18-8-6-13-5-4-11-20-13)19(2)10-7-14-17-9-12-21-14;/h4-5,9,11-12H,3,6-8,10H2,1-2H3,(H,16,18);1H. The quantitative estimate of drug-likeness (QED) is 0.414. The van der Waals surface area contributed by atoms with Gasteiger partial charge in [0.15, 0.2) is 5.96 Å². The zero-order valence-corrected chi connectivity index (χ0v) is 16.1. The molecular formula is C15H23IN4OS. The van der Waals surface area contributed by atoms with Gasteiger partial charge in [-0.15, -0.1) is 35.3 Å². The Morgan fingerprint density at radius 1 is 1.45 bits per heavy atom. The Kier molecular flexibility index (Phi) is 9.14. The Morgan fingerprint density at radius 2 is 2.32 bits per heavy atom. The maximum absolute atomic E-state index is 5.32. The number of likely N-dealkylation sites (N-methyl/N-ethyl adjacent to an activating group) is 1. The lowest BCUT2D eigenvalue weighted by Gasteiger charge is -2.21. The van der Waals surface area contributed by atoms with Crippen LogP contribution in [-0.2, 0) is 12.8 Å². The van der Waals surface area contributed by atoms with Crippen LogP contribution in [-0.4, -0.2) is 42.5 Å². The van der Waals surface area contributed by atoms with E-state index in [1.165, 1.54) is 0 Å². The van der Waals surface area contributed by atoms with Gasteiger partial charge in [-0.2, -0.15) is 0 Å². The molecule has 0 saturated carbocycles. The van der Waals surface area contributed by atoms with Crippen molar-refractivity contribution in [1.29, 1.82) is 0 Å². The summed E-state index contributed by atoms with van der Waals surface area (Å²) < 4.78 is 5.32. The average molecular weight is 434 g/mol. The van der Waals surface area contributed by atoms with Gasteiger partial charge in [0, 0.05) is 51.1 Å². The fraction of sp³-hybridized carbons (Fsp3) is 0.467. The van der Waals surface area contributed by atoms with Crippen molar-refractivity contribution in [2.75, 3.05) is 26.7 Å². The number of halogens is 1. The molecule has 2 aromatic rings. The van der Waals surface area contributed by atoms with Crippen LogP contribution in [0, 0.1) is 0 Å². The lowest BCUT2D eigenvalue weighted by atomic mass is 10.3. The fourth-order valence-corrected chi connectivity index (χ4v) is 2.55. The molecule has 0 amide bonds. The molecule has 0 aliphatic carbocycles. The highest BCUT2D eigenvalue weighted by molar-refractivity contribution is 14.0. The Hall–Kier alpha value is -1.09. The van der Waals surface area contributed by atoms with E-state index in [9.17, 15) is 0 Å². The molecule has 2 rings (SSSR count). The third-order valence-corrected chi connectivity index (χ3v) is 3.88. The number of furan rings is 1. The molecule has 0 bridgehead atoms. The van der Waals surface area contributed by atoms with E-state index in [4.69, 9.17) is 4.42 Å². The molecule has 0 aliphatic rings. The number of hydrogen-bond acceptors (Lipinski definition) is 4. The van der Waals surface area contributed by atoms with Gasteiger partial charge >= 0.3 is 0 Å². The number of aliphatic imine (C=N–C) groups is 1. The SMILES string of the molecule is CCNC(=NCCc1ccco1)N(C)CCc1nccs1.I. The summed E-state index contributed by atoms with van der Waals surface area (Å²) in [7, 11) is 2.06. The largest absolute Gasteiger partial charge is 0.469 e. The maximum Gasteiger partial charge on any atom is 0.193 e. The van der Waals surface area contributed by atoms with E-state index in [0.717, 1.165) is 49.2 Å². The van der Waals surface area contributed by atoms with Crippen molar-refractivity contribution in [3.63, 3.8) is 0 Å². The number of thiazole rings is 1. The van der Waals surface area contributed by atoms with Gasteiger partial charge in [-0.3, -0.25) is 4.99 Å². The molecule has 0 spiro atoms. The van der Waals surface area contributed by atoms with Crippen LogP contribution in [0.1, 0.15) is 17.7 Å². The summed E-state index contributed by atoms with van der Waals surface area (Å²) in [6, 6.07) is 3.89. The monoisotopic (exact) mass is 434 g/mol. The van der Waals surface area contributed by atoms with E-state index in [1.807, 2.05) is 23.7 Å². The Bertz CT molecular complexity index is 528. The normalized spacial score (nSPS) is 11.1. The van der Waals surface area contributed by atoms with Crippen LogP contribution in [0.5, 0.6) is 0 Å². The summed E-state index contributed by atoms with van der Waals surface area (Å²) in [6.07, 6.45) is 5.31. The zero-order valence-electron chi connectivity index (χ0n) is 13.0. The lowest BCUT2D eigenvalue weighted by Crippen LogP contribution is -2.40. The summed E-state index contributed by atoms with van der Waals surface area (Å²) in [5.74, 6) is 1.90. The number of nitrogens with zero attached hydrogens (tertiary/aromatic N) is 3. The second-order valence-electron chi connectivity index (χ2n) is 4.66. The van der Waals surface area contributed by atoms with Crippen molar-refractivity contribution in [3.05, 3.63) is 40.7 Å².